The van der Waals surface area contributed by atoms with Crippen molar-refractivity contribution in [2.75, 3.05) is 20.3 Å². The molecule has 0 atom stereocenters. The molecule has 3 amide bonds. The number of urea groups is 1. The maximum atomic E-state index is 12.7. The second kappa shape index (κ2) is 8.89. The lowest BCUT2D eigenvalue weighted by Gasteiger charge is -2.15. The van der Waals surface area contributed by atoms with E-state index in [1.807, 2.05) is 11.5 Å². The van der Waals surface area contributed by atoms with Crippen LogP contribution in [0, 0.1) is 13.8 Å². The Balaban J connectivity index is 1.68. The molecule has 0 radical (unpaired) electrons. The molecule has 0 unspecified atom stereocenters. The summed E-state index contributed by atoms with van der Waals surface area (Å²) in [7, 11) is 1.31. The van der Waals surface area contributed by atoms with Gasteiger partial charge in [-0.15, -0.1) is 0 Å². The highest BCUT2D eigenvalue weighted by molar-refractivity contribution is 6.08. The van der Waals surface area contributed by atoms with Gasteiger partial charge in [0, 0.05) is 22.6 Å². The van der Waals surface area contributed by atoms with Gasteiger partial charge in [-0.25, -0.2) is 9.59 Å². The number of amides is 3. The molecule has 174 valence electrons. The third kappa shape index (κ3) is 4.64. The summed E-state index contributed by atoms with van der Waals surface area (Å²) in [6, 6.07) is 7.72. The molecule has 1 aliphatic rings. The largest absolute Gasteiger partial charge is 0.465 e. The molecule has 1 aromatic heterocycles. The molecule has 3 rings (SSSR count). The maximum Gasteiger partial charge on any atom is 0.337 e. The van der Waals surface area contributed by atoms with Crippen LogP contribution in [0.5, 0.6) is 0 Å². The lowest BCUT2D eigenvalue weighted by molar-refractivity contribution is -0.146. The SMILES string of the molecule is COC(=O)c1ccc(-n2c(C)cc(C(=O)COC(=O)CN3C(=O)NC(C)(C)C3=O)c2C)cc1. The number of esters is 2. The lowest BCUT2D eigenvalue weighted by Crippen LogP contribution is -2.41. The summed E-state index contributed by atoms with van der Waals surface area (Å²) in [5.41, 5.74) is 1.83. The van der Waals surface area contributed by atoms with Crippen LogP contribution in [0.4, 0.5) is 4.79 Å². The van der Waals surface area contributed by atoms with Gasteiger partial charge in [-0.2, -0.15) is 0 Å². The number of Topliss-reactive ketones (excluding diaryl/α,β-unsaturated/α-hetero) is 1. The van der Waals surface area contributed by atoms with Crippen molar-refractivity contribution in [3.8, 4) is 5.69 Å². The van der Waals surface area contributed by atoms with Crippen molar-refractivity contribution in [3.05, 3.63) is 52.8 Å². The smallest absolute Gasteiger partial charge is 0.337 e. The zero-order valence-electron chi connectivity index (χ0n) is 19.1. The molecule has 0 aliphatic carbocycles. The topological polar surface area (TPSA) is 124 Å². The van der Waals surface area contributed by atoms with Gasteiger partial charge < -0.3 is 19.4 Å². The first-order valence-corrected chi connectivity index (χ1v) is 10.2. The molecular formula is C23H25N3O7. The molecule has 1 N–H and O–H groups in total. The highest BCUT2D eigenvalue weighted by atomic mass is 16.5. The van der Waals surface area contributed by atoms with E-state index in [0.29, 0.717) is 16.8 Å². The lowest BCUT2D eigenvalue weighted by atomic mass is 10.1. The fourth-order valence-electron chi connectivity index (χ4n) is 3.67. The second-order valence-electron chi connectivity index (χ2n) is 8.19. The van der Waals surface area contributed by atoms with Crippen molar-refractivity contribution < 1.29 is 33.4 Å². The summed E-state index contributed by atoms with van der Waals surface area (Å²) in [5.74, 6) is -2.28. The number of carbonyl (C=O) groups excluding carboxylic acids is 5. The Morgan fingerprint density at radius 1 is 1.06 bits per heavy atom. The van der Waals surface area contributed by atoms with Crippen LogP contribution in [0.25, 0.3) is 5.69 Å². The fraction of sp³-hybridized carbons (Fsp3) is 0.348. The summed E-state index contributed by atoms with van der Waals surface area (Å²) in [6.07, 6.45) is 0. The normalized spacial score (nSPS) is 14.8. The number of aromatic nitrogens is 1. The van der Waals surface area contributed by atoms with E-state index < -0.39 is 48.4 Å². The van der Waals surface area contributed by atoms with Crippen molar-refractivity contribution in [1.82, 2.24) is 14.8 Å². The Morgan fingerprint density at radius 2 is 1.70 bits per heavy atom. The van der Waals surface area contributed by atoms with Crippen molar-refractivity contribution in [3.63, 3.8) is 0 Å². The van der Waals surface area contributed by atoms with E-state index in [-0.39, 0.29) is 0 Å². The van der Waals surface area contributed by atoms with Gasteiger partial charge in [0.2, 0.25) is 5.78 Å². The zero-order valence-corrected chi connectivity index (χ0v) is 19.1. The van der Waals surface area contributed by atoms with Crippen LogP contribution in [-0.4, -0.2) is 64.9 Å². The van der Waals surface area contributed by atoms with E-state index in [4.69, 9.17) is 9.47 Å². The number of methoxy groups -OCH3 is 1. The van der Waals surface area contributed by atoms with Crippen molar-refractivity contribution in [1.29, 1.82) is 0 Å². The van der Waals surface area contributed by atoms with Gasteiger partial charge in [0.25, 0.3) is 5.91 Å². The Kier molecular flexibility index (Phi) is 6.39. The summed E-state index contributed by atoms with van der Waals surface area (Å²) in [6.45, 7) is 5.53. The Bertz CT molecular complexity index is 1150. The average molecular weight is 455 g/mol. The molecular weight excluding hydrogens is 430 g/mol. The van der Waals surface area contributed by atoms with Gasteiger partial charge in [0.05, 0.1) is 12.7 Å². The first-order chi connectivity index (χ1) is 15.5. The number of hydrogen-bond acceptors (Lipinski definition) is 7. The third-order valence-corrected chi connectivity index (χ3v) is 5.37. The van der Waals surface area contributed by atoms with E-state index in [2.05, 4.69) is 5.32 Å². The predicted octanol–water partition coefficient (Wildman–Crippen LogP) is 1.94. The van der Waals surface area contributed by atoms with Crippen molar-refractivity contribution in [2.45, 2.75) is 33.2 Å². The Labute approximate surface area is 190 Å². The van der Waals surface area contributed by atoms with Crippen molar-refractivity contribution in [2.24, 2.45) is 0 Å². The Morgan fingerprint density at radius 3 is 2.24 bits per heavy atom. The summed E-state index contributed by atoms with van der Waals surface area (Å²) < 4.78 is 11.6. The monoisotopic (exact) mass is 455 g/mol. The number of hydrogen-bond donors (Lipinski definition) is 1. The number of aryl methyl sites for hydroxylation is 1. The minimum absolute atomic E-state index is 0.369. The number of nitrogens with zero attached hydrogens (tertiary/aromatic N) is 2. The van der Waals surface area contributed by atoms with Gasteiger partial charge in [-0.05, 0) is 58.0 Å². The van der Waals surface area contributed by atoms with Crippen LogP contribution >= 0.6 is 0 Å². The molecule has 1 aromatic carbocycles. The molecule has 0 bridgehead atoms. The minimum atomic E-state index is -1.10. The van der Waals surface area contributed by atoms with E-state index in [1.165, 1.54) is 21.0 Å². The second-order valence-corrected chi connectivity index (χ2v) is 8.19. The number of ether oxygens (including phenoxy) is 2. The molecule has 10 heteroatoms. The zero-order chi connectivity index (χ0) is 24.5. The average Bonchev–Trinajstić information content (AvgIpc) is 3.17. The van der Waals surface area contributed by atoms with Crippen LogP contribution in [0.1, 0.15) is 46.0 Å². The van der Waals surface area contributed by atoms with Gasteiger partial charge in [0.1, 0.15) is 12.1 Å². The van der Waals surface area contributed by atoms with E-state index in [1.54, 1.807) is 37.3 Å². The molecule has 2 heterocycles. The number of carbonyl (C=O) groups is 5. The fourth-order valence-corrected chi connectivity index (χ4v) is 3.67. The predicted molar refractivity (Wildman–Crippen MR) is 116 cm³/mol. The van der Waals surface area contributed by atoms with Crippen molar-refractivity contribution >= 4 is 29.7 Å². The minimum Gasteiger partial charge on any atom is -0.465 e. The van der Waals surface area contributed by atoms with Gasteiger partial charge in [-0.1, -0.05) is 0 Å². The van der Waals surface area contributed by atoms with Gasteiger partial charge in [0.15, 0.2) is 6.61 Å². The van der Waals surface area contributed by atoms with E-state index >= 15 is 0 Å². The van der Waals surface area contributed by atoms with Crippen LogP contribution in [-0.2, 0) is 19.1 Å². The van der Waals surface area contributed by atoms with Crippen LogP contribution < -0.4 is 5.32 Å². The first kappa shape index (κ1) is 23.7. The number of imide groups is 1. The molecule has 2 aromatic rings. The standard InChI is InChI=1S/C23H25N3O7/c1-13-10-17(14(2)26(13)16-8-6-15(7-9-16)20(29)32-5)18(27)12-33-19(28)11-25-21(30)23(3,4)24-22(25)31/h6-10H,11-12H2,1-5H3,(H,24,31). The van der Waals surface area contributed by atoms with E-state index in [0.717, 1.165) is 16.3 Å². The van der Waals surface area contributed by atoms with Crippen LogP contribution in [0.3, 0.4) is 0 Å². The van der Waals surface area contributed by atoms with Gasteiger partial charge in [-0.3, -0.25) is 19.3 Å². The molecule has 33 heavy (non-hydrogen) atoms. The summed E-state index contributed by atoms with van der Waals surface area (Å²) in [5, 5.41) is 2.47. The first-order valence-electron chi connectivity index (χ1n) is 10.2. The molecule has 10 nitrogen and oxygen atoms in total. The number of nitrogens with one attached hydrogen (secondary N) is 1. The summed E-state index contributed by atoms with van der Waals surface area (Å²) in [4.78, 5) is 61.3. The molecule has 0 spiro atoms. The molecule has 1 aliphatic heterocycles. The number of rotatable bonds is 7. The number of ketones is 1. The Hall–Kier alpha value is -3.95. The summed E-state index contributed by atoms with van der Waals surface area (Å²) >= 11 is 0. The van der Waals surface area contributed by atoms with Gasteiger partial charge >= 0.3 is 18.0 Å². The van der Waals surface area contributed by atoms with Crippen LogP contribution in [0.2, 0.25) is 0 Å². The number of benzene rings is 1. The molecule has 0 saturated carbocycles. The van der Waals surface area contributed by atoms with Crippen LogP contribution in [0.15, 0.2) is 30.3 Å². The maximum absolute atomic E-state index is 12.7. The third-order valence-electron chi connectivity index (χ3n) is 5.37. The molecule has 1 fully saturated rings. The van der Waals surface area contributed by atoms with E-state index in [9.17, 15) is 24.0 Å². The molecule has 1 saturated heterocycles. The highest BCUT2D eigenvalue weighted by Gasteiger charge is 2.45. The quantitative estimate of drug-likeness (QED) is 0.384. The highest BCUT2D eigenvalue weighted by Crippen LogP contribution is 2.22.